The van der Waals surface area contributed by atoms with Crippen molar-refractivity contribution in [3.63, 3.8) is 0 Å². The summed E-state index contributed by atoms with van der Waals surface area (Å²) in [6, 6.07) is 4.11. The van der Waals surface area contributed by atoms with E-state index in [-0.39, 0.29) is 5.41 Å². The molecule has 0 radical (unpaired) electrons. The van der Waals surface area contributed by atoms with Crippen molar-refractivity contribution in [1.82, 2.24) is 19.7 Å². The van der Waals surface area contributed by atoms with Crippen LogP contribution in [0.4, 0.5) is 0 Å². The molecule has 0 N–H and O–H groups in total. The lowest BCUT2D eigenvalue weighted by atomic mass is 9.93. The zero-order chi connectivity index (χ0) is 18.7. The van der Waals surface area contributed by atoms with E-state index in [9.17, 15) is 0 Å². The lowest BCUT2D eigenvalue weighted by Gasteiger charge is -2.15. The van der Waals surface area contributed by atoms with Crippen molar-refractivity contribution < 1.29 is 4.74 Å². The van der Waals surface area contributed by atoms with E-state index in [1.54, 1.807) is 41.5 Å². The second-order valence-electron chi connectivity index (χ2n) is 6.74. The van der Waals surface area contributed by atoms with Gasteiger partial charge in [-0.3, -0.25) is 0 Å². The molecule has 9 heteroatoms. The van der Waals surface area contributed by atoms with Gasteiger partial charge in [0.2, 0.25) is 0 Å². The van der Waals surface area contributed by atoms with E-state index in [0.29, 0.717) is 6.61 Å². The number of ether oxygens (including phenoxy) is 1. The number of hydrogen-bond donors (Lipinski definition) is 0. The number of thiazole rings is 1. The van der Waals surface area contributed by atoms with Crippen LogP contribution < -0.4 is 0 Å². The van der Waals surface area contributed by atoms with Gasteiger partial charge in [-0.1, -0.05) is 38.2 Å². The van der Waals surface area contributed by atoms with Crippen LogP contribution in [-0.4, -0.2) is 33.5 Å². The maximum absolute atomic E-state index is 5.21. The van der Waals surface area contributed by atoms with E-state index < -0.39 is 0 Å². The van der Waals surface area contributed by atoms with Crippen molar-refractivity contribution in [2.75, 3.05) is 13.7 Å². The van der Waals surface area contributed by atoms with Crippen LogP contribution in [0.3, 0.4) is 0 Å². The summed E-state index contributed by atoms with van der Waals surface area (Å²) in [6.07, 6.45) is 0.912. The average molecular weight is 473 g/mol. The van der Waals surface area contributed by atoms with Gasteiger partial charge in [-0.05, 0) is 45.6 Å². The zero-order valence-corrected chi connectivity index (χ0v) is 19.2. The number of thiophene rings is 1. The molecule has 0 atom stereocenters. The number of halogens is 1. The van der Waals surface area contributed by atoms with Gasteiger partial charge < -0.3 is 9.30 Å². The maximum atomic E-state index is 5.21. The first-order valence-corrected chi connectivity index (χ1v) is 11.5. The fraction of sp³-hybridized carbons (Fsp3) is 0.471. The van der Waals surface area contributed by atoms with Crippen molar-refractivity contribution in [1.29, 1.82) is 0 Å². The summed E-state index contributed by atoms with van der Waals surface area (Å²) < 4.78 is 9.43. The molecule has 5 nitrogen and oxygen atoms in total. The molecule has 3 aromatic rings. The topological polar surface area (TPSA) is 52.8 Å². The highest BCUT2D eigenvalue weighted by Gasteiger charge is 2.24. The largest absolute Gasteiger partial charge is 0.385 e. The van der Waals surface area contributed by atoms with E-state index in [4.69, 9.17) is 9.72 Å². The van der Waals surface area contributed by atoms with Crippen LogP contribution in [0.15, 0.2) is 30.8 Å². The van der Waals surface area contributed by atoms with Gasteiger partial charge in [-0.25, -0.2) is 4.98 Å². The predicted octanol–water partition coefficient (Wildman–Crippen LogP) is 5.71. The lowest BCUT2D eigenvalue weighted by molar-refractivity contribution is 0.189. The summed E-state index contributed by atoms with van der Waals surface area (Å²) in [5.41, 5.74) is 1.08. The molecule has 0 unspecified atom stereocenters. The van der Waals surface area contributed by atoms with E-state index in [1.807, 2.05) is 6.07 Å². The summed E-state index contributed by atoms with van der Waals surface area (Å²) in [5.74, 6) is 0.908. The number of methoxy groups -OCH3 is 1. The third-order valence-corrected chi connectivity index (χ3v) is 7.26. The lowest BCUT2D eigenvalue weighted by Crippen LogP contribution is -2.12. The molecule has 140 valence electrons. The Morgan fingerprint density at radius 2 is 2.12 bits per heavy atom. The molecule has 26 heavy (non-hydrogen) atoms. The second-order valence-corrected chi connectivity index (χ2v) is 11.2. The van der Waals surface area contributed by atoms with Crippen LogP contribution in [0.25, 0.3) is 10.7 Å². The Bertz CT molecular complexity index is 852. The van der Waals surface area contributed by atoms with Gasteiger partial charge >= 0.3 is 0 Å². The number of rotatable bonds is 7. The normalized spacial score (nSPS) is 12.0. The first kappa shape index (κ1) is 20.0. The summed E-state index contributed by atoms with van der Waals surface area (Å²) >= 11 is 8.55. The Balaban J connectivity index is 1.90. The molecule has 0 aliphatic heterocycles. The smallest absolute Gasteiger partial charge is 0.198 e. The molecule has 0 bridgehead atoms. The van der Waals surface area contributed by atoms with Gasteiger partial charge in [0.05, 0.1) is 14.4 Å². The molecule has 0 fully saturated rings. The van der Waals surface area contributed by atoms with Crippen LogP contribution in [0, 0.1) is 0 Å². The van der Waals surface area contributed by atoms with Crippen molar-refractivity contribution in [2.45, 2.75) is 48.6 Å². The van der Waals surface area contributed by atoms with Crippen LogP contribution in [0.2, 0.25) is 0 Å². The Labute approximate surface area is 174 Å². The van der Waals surface area contributed by atoms with Gasteiger partial charge in [0.15, 0.2) is 15.3 Å². The molecule has 3 rings (SSSR count). The predicted molar refractivity (Wildman–Crippen MR) is 112 cm³/mol. The van der Waals surface area contributed by atoms with Crippen molar-refractivity contribution in [3.8, 4) is 10.7 Å². The summed E-state index contributed by atoms with van der Waals surface area (Å²) in [6.45, 7) is 8.04. The molecule has 0 amide bonds. The molecule has 0 spiro atoms. The second kappa shape index (κ2) is 8.52. The van der Waals surface area contributed by atoms with Crippen molar-refractivity contribution in [3.05, 3.63) is 27.0 Å². The molecule has 0 aliphatic rings. The Morgan fingerprint density at radius 3 is 2.73 bits per heavy atom. The van der Waals surface area contributed by atoms with E-state index >= 15 is 0 Å². The van der Waals surface area contributed by atoms with Crippen LogP contribution in [-0.2, 0) is 16.7 Å². The highest BCUT2D eigenvalue weighted by Crippen LogP contribution is 2.40. The number of nitrogens with zero attached hydrogens (tertiary/aromatic N) is 4. The quantitative estimate of drug-likeness (QED) is 0.412. The molecule has 0 saturated carbocycles. The third kappa shape index (κ3) is 4.56. The van der Waals surface area contributed by atoms with Crippen LogP contribution in [0.1, 0.15) is 32.9 Å². The Hall–Kier alpha value is -0.740. The SMILES string of the molecule is COCCCn1c(Sc2nc(C(C)(C)C)c(Br)s2)nnc1-c1cccs1. The highest BCUT2D eigenvalue weighted by molar-refractivity contribution is 9.11. The van der Waals surface area contributed by atoms with Crippen LogP contribution in [0.5, 0.6) is 0 Å². The van der Waals surface area contributed by atoms with Gasteiger partial charge in [-0.15, -0.1) is 21.5 Å². The van der Waals surface area contributed by atoms with Gasteiger partial charge in [0.25, 0.3) is 0 Å². The number of hydrogen-bond acceptors (Lipinski definition) is 7. The van der Waals surface area contributed by atoms with E-state index in [0.717, 1.165) is 42.6 Å². The van der Waals surface area contributed by atoms with Gasteiger partial charge in [0, 0.05) is 25.7 Å². The molecule has 0 aromatic carbocycles. The first-order valence-electron chi connectivity index (χ1n) is 8.21. The monoisotopic (exact) mass is 472 g/mol. The fourth-order valence-electron chi connectivity index (χ4n) is 2.39. The average Bonchev–Trinajstić information content (AvgIpc) is 3.28. The molecular formula is C17H21BrN4OS3. The minimum Gasteiger partial charge on any atom is -0.385 e. The highest BCUT2D eigenvalue weighted by atomic mass is 79.9. The molecule has 0 aliphatic carbocycles. The molecule has 3 aromatic heterocycles. The maximum Gasteiger partial charge on any atom is 0.198 e. The standard InChI is InChI=1S/C17H21BrN4OS3/c1-17(2,3)12-13(18)25-16(19-12)26-15-21-20-14(11-7-5-10-24-11)22(15)8-6-9-23-4/h5,7,10H,6,8-9H2,1-4H3. The van der Waals surface area contributed by atoms with E-state index in [1.165, 1.54) is 0 Å². The Morgan fingerprint density at radius 1 is 1.31 bits per heavy atom. The minimum absolute atomic E-state index is 0.00239. The third-order valence-electron chi connectivity index (χ3n) is 3.64. The van der Waals surface area contributed by atoms with Crippen molar-refractivity contribution >= 4 is 50.4 Å². The van der Waals surface area contributed by atoms with Gasteiger partial charge in [0.1, 0.15) is 0 Å². The first-order chi connectivity index (χ1) is 12.4. The van der Waals surface area contributed by atoms with E-state index in [2.05, 4.69) is 62.9 Å². The van der Waals surface area contributed by atoms with Gasteiger partial charge in [-0.2, -0.15) is 0 Å². The summed E-state index contributed by atoms with van der Waals surface area (Å²) in [5, 5.41) is 11.8. The van der Waals surface area contributed by atoms with Crippen molar-refractivity contribution in [2.24, 2.45) is 0 Å². The summed E-state index contributed by atoms with van der Waals surface area (Å²) in [7, 11) is 1.73. The molecular weight excluding hydrogens is 452 g/mol. The minimum atomic E-state index is 0.00239. The van der Waals surface area contributed by atoms with Crippen LogP contribution >= 0.6 is 50.4 Å². The fourth-order valence-corrected chi connectivity index (χ4v) is 6.61. The molecule has 0 saturated heterocycles. The summed E-state index contributed by atoms with van der Waals surface area (Å²) in [4.78, 5) is 5.94. The Kier molecular flexibility index (Phi) is 6.55. The molecule has 3 heterocycles. The number of aromatic nitrogens is 4. The zero-order valence-electron chi connectivity index (χ0n) is 15.2.